The summed E-state index contributed by atoms with van der Waals surface area (Å²) >= 11 is 1.42. The van der Waals surface area contributed by atoms with Gasteiger partial charge in [-0.1, -0.05) is 58.9 Å². The number of nitrogens with one attached hydrogen (secondary N) is 1. The number of hydrogen-bond acceptors (Lipinski definition) is 14. The molecule has 15 heteroatoms. The van der Waals surface area contributed by atoms with Crippen molar-refractivity contribution in [2.24, 2.45) is 22.2 Å². The van der Waals surface area contributed by atoms with Gasteiger partial charge >= 0.3 is 17.9 Å². The number of esters is 3. The van der Waals surface area contributed by atoms with Crippen LogP contribution in [0, 0.1) is 22.2 Å². The number of thiophene rings is 1. The van der Waals surface area contributed by atoms with E-state index in [-0.39, 0.29) is 29.7 Å². The number of benzene rings is 1. The van der Waals surface area contributed by atoms with Crippen molar-refractivity contribution in [2.75, 3.05) is 6.61 Å². The van der Waals surface area contributed by atoms with Gasteiger partial charge < -0.3 is 44.7 Å². The normalized spacial score (nSPS) is 34.0. The zero-order valence-corrected chi connectivity index (χ0v) is 34.7. The highest BCUT2D eigenvalue weighted by atomic mass is 32.1. The van der Waals surface area contributed by atoms with Gasteiger partial charge in [0.1, 0.15) is 30.0 Å². The van der Waals surface area contributed by atoms with Crippen LogP contribution in [-0.4, -0.2) is 110 Å². The van der Waals surface area contributed by atoms with E-state index in [0.717, 1.165) is 11.8 Å². The molecular weight excluding hydrogens is 771 g/mol. The zero-order chi connectivity index (χ0) is 42.7. The molecule has 0 spiro atoms. The standard InChI is InChI=1S/C43H53NO13S/c1-22-26(55-38(52)32(49)34(39(3,4)5)44-29(47)17-16-25-15-12-18-58-25)20-43(53)36(56-37(51)24-13-10-9-11-14-24)33-41(8,35(50)31(48)30(22)40(43,6)7)27(46)19-28-42(33,21-54-28)57-23(2)45/h9-18,26-28,31-34,36,46,48-49,53H,19-21H2,1-8H3,(H,44,47)/b17-16+/t26-,27-,28+,31+,32+,33-,34+,36-,41+,42-,43+/m0/s1. The second kappa shape index (κ2) is 15.4. The summed E-state index contributed by atoms with van der Waals surface area (Å²) in [6, 6.07) is 10.4. The Morgan fingerprint density at radius 3 is 2.28 bits per heavy atom. The number of aliphatic hydroxyl groups is 4. The highest BCUT2D eigenvalue weighted by molar-refractivity contribution is 7.10. The van der Waals surface area contributed by atoms with Crippen LogP contribution in [0.3, 0.4) is 0 Å². The molecular formula is C43H53NO13S. The SMILES string of the molecule is CC(=O)O[C@@]12CO[C@@H]1C[C@H](O)[C@@]1(C)C(=O)[C@H](O)C3=C(C)[C@@H](OC(=O)[C@H](O)[C@@H](NC(=O)/C=C/c4cccs4)C(C)(C)C)C[C@@](O)([C@@H](OC(=O)c4ccccc4)[C@H]21)C3(C)C. The first-order valence-electron chi connectivity index (χ1n) is 19.3. The third kappa shape index (κ3) is 7.13. The van der Waals surface area contributed by atoms with Gasteiger partial charge in [0.2, 0.25) is 5.91 Å². The van der Waals surface area contributed by atoms with E-state index in [9.17, 15) is 44.4 Å². The van der Waals surface area contributed by atoms with Gasteiger partial charge in [-0.05, 0) is 60.1 Å². The first-order valence-corrected chi connectivity index (χ1v) is 20.2. The van der Waals surface area contributed by atoms with Crippen LogP contribution in [0.4, 0.5) is 0 Å². The summed E-state index contributed by atoms with van der Waals surface area (Å²) in [5.41, 5.74) is -8.30. The molecule has 1 aliphatic heterocycles. The van der Waals surface area contributed by atoms with Crippen molar-refractivity contribution in [1.29, 1.82) is 0 Å². The molecule has 3 aliphatic carbocycles. The molecule has 0 radical (unpaired) electrons. The maximum absolute atomic E-state index is 14.9. The molecule has 2 saturated carbocycles. The molecule has 58 heavy (non-hydrogen) atoms. The molecule has 11 atom stereocenters. The second-order valence-corrected chi connectivity index (χ2v) is 18.7. The Kier molecular flexibility index (Phi) is 11.5. The van der Waals surface area contributed by atoms with Gasteiger partial charge in [0.25, 0.3) is 0 Å². The van der Waals surface area contributed by atoms with E-state index in [1.54, 1.807) is 58.9 Å². The van der Waals surface area contributed by atoms with Crippen LogP contribution >= 0.6 is 11.3 Å². The number of carbonyl (C=O) groups excluding carboxylic acids is 5. The Bertz CT molecular complexity index is 2000. The minimum Gasteiger partial charge on any atom is -0.456 e. The molecule has 6 rings (SSSR count). The lowest BCUT2D eigenvalue weighted by Crippen LogP contribution is -2.81. The first kappa shape index (κ1) is 43.3. The van der Waals surface area contributed by atoms with Crippen molar-refractivity contribution in [3.8, 4) is 0 Å². The maximum Gasteiger partial charge on any atom is 0.338 e. The summed E-state index contributed by atoms with van der Waals surface area (Å²) in [5, 5.41) is 53.5. The quantitative estimate of drug-likeness (QED) is 0.106. The van der Waals surface area contributed by atoms with Crippen LogP contribution in [0.1, 0.15) is 83.5 Å². The first-order chi connectivity index (χ1) is 27.0. The van der Waals surface area contributed by atoms with Gasteiger partial charge in [0.15, 0.2) is 17.5 Å². The lowest BCUT2D eigenvalue weighted by Gasteiger charge is -2.67. The Morgan fingerprint density at radius 1 is 1.03 bits per heavy atom. The minimum atomic E-state index is -2.33. The number of amides is 1. The van der Waals surface area contributed by atoms with Crippen LogP contribution < -0.4 is 5.32 Å². The highest BCUT2D eigenvalue weighted by Crippen LogP contribution is 2.64. The van der Waals surface area contributed by atoms with E-state index < -0.39 is 112 Å². The number of ketones is 1. The molecule has 3 fully saturated rings. The van der Waals surface area contributed by atoms with Crippen LogP contribution in [0.2, 0.25) is 0 Å². The number of Topliss-reactive ketones (excluding diaryl/α,β-unsaturated/α-hetero) is 1. The summed E-state index contributed by atoms with van der Waals surface area (Å²) in [7, 11) is 0. The molecule has 0 unspecified atom stereocenters. The fraction of sp³-hybridized carbons (Fsp3) is 0.558. The molecule has 2 bridgehead atoms. The van der Waals surface area contributed by atoms with Crippen molar-refractivity contribution in [3.63, 3.8) is 0 Å². The highest BCUT2D eigenvalue weighted by Gasteiger charge is 2.78. The largest absolute Gasteiger partial charge is 0.456 e. The lowest BCUT2D eigenvalue weighted by molar-refractivity contribution is -0.346. The monoisotopic (exact) mass is 823 g/mol. The number of fused-ring (bicyclic) bond motifs is 5. The van der Waals surface area contributed by atoms with Crippen LogP contribution in [-0.2, 0) is 38.1 Å². The van der Waals surface area contributed by atoms with Gasteiger partial charge in [-0.2, -0.15) is 0 Å². The second-order valence-electron chi connectivity index (χ2n) is 17.7. The van der Waals surface area contributed by atoms with Crippen molar-refractivity contribution < 1.29 is 63.3 Å². The summed E-state index contributed by atoms with van der Waals surface area (Å²) < 4.78 is 24.1. The molecule has 2 aromatic rings. The topological polar surface area (TPSA) is 215 Å². The van der Waals surface area contributed by atoms with E-state index in [1.165, 1.54) is 43.4 Å². The van der Waals surface area contributed by atoms with Crippen molar-refractivity contribution in [1.82, 2.24) is 5.32 Å². The molecule has 5 N–H and O–H groups in total. The fourth-order valence-corrected chi connectivity index (χ4v) is 10.3. The summed E-state index contributed by atoms with van der Waals surface area (Å²) in [6.45, 7) is 12.1. The smallest absolute Gasteiger partial charge is 0.338 e. The predicted molar refractivity (Wildman–Crippen MR) is 210 cm³/mol. The van der Waals surface area contributed by atoms with Gasteiger partial charge in [0.05, 0.1) is 35.6 Å². The van der Waals surface area contributed by atoms with Crippen molar-refractivity contribution >= 4 is 47.0 Å². The molecule has 1 aromatic heterocycles. The van der Waals surface area contributed by atoms with E-state index in [1.807, 2.05) is 17.5 Å². The number of ether oxygens (including phenoxy) is 4. The van der Waals surface area contributed by atoms with Gasteiger partial charge in [0, 0.05) is 36.1 Å². The van der Waals surface area contributed by atoms with E-state index in [2.05, 4.69) is 5.32 Å². The third-order valence-corrected chi connectivity index (χ3v) is 13.7. The Hall–Kier alpha value is -4.25. The van der Waals surface area contributed by atoms with Crippen LogP contribution in [0.5, 0.6) is 0 Å². The predicted octanol–water partition coefficient (Wildman–Crippen LogP) is 3.30. The minimum absolute atomic E-state index is 0.0425. The van der Waals surface area contributed by atoms with Gasteiger partial charge in [-0.15, -0.1) is 11.3 Å². The Morgan fingerprint density at radius 2 is 1.71 bits per heavy atom. The number of aliphatic hydroxyl groups excluding tert-OH is 3. The average Bonchev–Trinajstić information content (AvgIpc) is 3.68. The molecule has 314 valence electrons. The number of carbonyl (C=O) groups is 5. The summed E-state index contributed by atoms with van der Waals surface area (Å²) in [6.07, 6.45) is -7.42. The van der Waals surface area contributed by atoms with E-state index in [4.69, 9.17) is 18.9 Å². The zero-order valence-electron chi connectivity index (χ0n) is 33.9. The fourth-order valence-electron chi connectivity index (χ4n) is 9.63. The third-order valence-electron chi connectivity index (χ3n) is 12.9. The Labute approximate surface area is 341 Å². The lowest BCUT2D eigenvalue weighted by atomic mass is 9.44. The number of rotatable bonds is 9. The van der Waals surface area contributed by atoms with Gasteiger partial charge in [-0.3, -0.25) is 14.4 Å². The van der Waals surface area contributed by atoms with Crippen molar-refractivity contribution in [2.45, 2.75) is 122 Å². The van der Waals surface area contributed by atoms with E-state index in [0.29, 0.717) is 0 Å². The molecule has 1 aromatic carbocycles. The number of hydrogen-bond donors (Lipinski definition) is 5. The van der Waals surface area contributed by atoms with Crippen LogP contribution in [0.25, 0.3) is 6.08 Å². The van der Waals surface area contributed by atoms with Gasteiger partial charge in [-0.25, -0.2) is 9.59 Å². The molecule has 1 amide bonds. The Balaban J connectivity index is 1.45. The molecule has 4 aliphatic rings. The molecule has 2 heterocycles. The molecule has 1 saturated heterocycles. The average molecular weight is 824 g/mol. The van der Waals surface area contributed by atoms with Crippen LogP contribution in [0.15, 0.2) is 65.1 Å². The maximum atomic E-state index is 14.9. The van der Waals surface area contributed by atoms with Crippen molar-refractivity contribution in [3.05, 3.63) is 75.5 Å². The van der Waals surface area contributed by atoms with E-state index >= 15 is 0 Å². The summed E-state index contributed by atoms with van der Waals surface area (Å²) in [5.74, 6) is -5.82. The summed E-state index contributed by atoms with van der Waals surface area (Å²) in [4.78, 5) is 69.8. The molecule has 14 nitrogen and oxygen atoms in total.